The van der Waals surface area contributed by atoms with Gasteiger partial charge in [0.05, 0.1) is 5.54 Å². The van der Waals surface area contributed by atoms with Gasteiger partial charge < -0.3 is 20.9 Å². The number of carbonyl (C=O) groups is 1. The molecule has 0 saturated heterocycles. The molecular weight excluding hydrogens is 240 g/mol. The van der Waals surface area contributed by atoms with Gasteiger partial charge in [0.2, 0.25) is 5.91 Å². The molecule has 1 unspecified atom stereocenters. The second-order valence-electron chi connectivity index (χ2n) is 5.79. The third-order valence-corrected chi connectivity index (χ3v) is 3.51. The van der Waals surface area contributed by atoms with E-state index in [0.29, 0.717) is 0 Å². The van der Waals surface area contributed by atoms with Crippen LogP contribution in [0.15, 0.2) is 0 Å². The minimum absolute atomic E-state index is 0.254. The Bertz CT molecular complexity index is 258. The first-order valence-corrected chi connectivity index (χ1v) is 7.20. The fourth-order valence-corrected chi connectivity index (χ4v) is 2.03. The summed E-state index contributed by atoms with van der Waals surface area (Å²) < 4.78 is 0. The van der Waals surface area contributed by atoms with E-state index < -0.39 is 5.54 Å². The van der Waals surface area contributed by atoms with E-state index in [9.17, 15) is 4.79 Å². The first kappa shape index (κ1) is 18.4. The molecule has 5 heteroatoms. The number of nitrogens with two attached hydrogens (primary N) is 1. The smallest absolute Gasteiger partial charge is 0.237 e. The average molecular weight is 272 g/mol. The summed E-state index contributed by atoms with van der Waals surface area (Å²) in [4.78, 5) is 16.0. The molecule has 0 fully saturated rings. The van der Waals surface area contributed by atoms with E-state index in [4.69, 9.17) is 5.73 Å². The van der Waals surface area contributed by atoms with Crippen molar-refractivity contribution < 1.29 is 4.79 Å². The molecule has 0 aliphatic rings. The molecule has 0 rings (SSSR count). The van der Waals surface area contributed by atoms with Gasteiger partial charge in [-0.15, -0.1) is 0 Å². The van der Waals surface area contributed by atoms with Crippen molar-refractivity contribution in [3.63, 3.8) is 0 Å². The minimum Gasteiger partial charge on any atom is -0.368 e. The monoisotopic (exact) mass is 272 g/mol. The lowest BCUT2D eigenvalue weighted by Crippen LogP contribution is -2.53. The van der Waals surface area contributed by atoms with E-state index in [0.717, 1.165) is 45.4 Å². The number of unbranched alkanes of at least 4 members (excludes halogenated alkanes) is 1. The summed E-state index contributed by atoms with van der Waals surface area (Å²) >= 11 is 0. The van der Waals surface area contributed by atoms with Crippen molar-refractivity contribution in [3.05, 3.63) is 0 Å². The van der Waals surface area contributed by atoms with Gasteiger partial charge in [0.25, 0.3) is 0 Å². The number of nitrogens with one attached hydrogen (secondary N) is 1. The molecule has 0 aliphatic carbocycles. The zero-order valence-electron chi connectivity index (χ0n) is 13.3. The Morgan fingerprint density at radius 2 is 1.79 bits per heavy atom. The van der Waals surface area contributed by atoms with Gasteiger partial charge in [-0.2, -0.15) is 0 Å². The topological polar surface area (TPSA) is 61.6 Å². The fourth-order valence-electron chi connectivity index (χ4n) is 2.03. The molecule has 0 heterocycles. The maximum absolute atomic E-state index is 11.5. The molecule has 114 valence electrons. The van der Waals surface area contributed by atoms with Gasteiger partial charge in [-0.25, -0.2) is 0 Å². The zero-order chi connectivity index (χ0) is 14.9. The first-order chi connectivity index (χ1) is 8.81. The van der Waals surface area contributed by atoms with Crippen LogP contribution in [-0.4, -0.2) is 68.6 Å². The Kier molecular flexibility index (Phi) is 8.97. The SMILES string of the molecule is CCNC(C)(CCCCN(C)CCN(C)C)C(N)=O. The summed E-state index contributed by atoms with van der Waals surface area (Å²) in [5, 5.41) is 3.19. The maximum Gasteiger partial charge on any atom is 0.237 e. The van der Waals surface area contributed by atoms with E-state index >= 15 is 0 Å². The lowest BCUT2D eigenvalue weighted by molar-refractivity contribution is -0.124. The van der Waals surface area contributed by atoms with Crippen LogP contribution in [0.25, 0.3) is 0 Å². The van der Waals surface area contributed by atoms with E-state index in [1.165, 1.54) is 0 Å². The molecule has 0 spiro atoms. The highest BCUT2D eigenvalue weighted by Gasteiger charge is 2.28. The second-order valence-corrected chi connectivity index (χ2v) is 5.79. The summed E-state index contributed by atoms with van der Waals surface area (Å²) in [6.45, 7) is 7.88. The highest BCUT2D eigenvalue weighted by atomic mass is 16.1. The number of hydrogen-bond acceptors (Lipinski definition) is 4. The van der Waals surface area contributed by atoms with Crippen LogP contribution in [0.5, 0.6) is 0 Å². The van der Waals surface area contributed by atoms with Crippen LogP contribution in [0.4, 0.5) is 0 Å². The largest absolute Gasteiger partial charge is 0.368 e. The van der Waals surface area contributed by atoms with Crippen LogP contribution in [0, 0.1) is 0 Å². The van der Waals surface area contributed by atoms with Gasteiger partial charge in [-0.3, -0.25) is 4.79 Å². The van der Waals surface area contributed by atoms with Crippen molar-refractivity contribution in [1.82, 2.24) is 15.1 Å². The predicted octanol–water partition coefficient (Wildman–Crippen LogP) is 0.504. The molecular formula is C14H32N4O. The van der Waals surface area contributed by atoms with Crippen LogP contribution in [-0.2, 0) is 4.79 Å². The van der Waals surface area contributed by atoms with Gasteiger partial charge >= 0.3 is 0 Å². The number of rotatable bonds is 11. The van der Waals surface area contributed by atoms with Crippen molar-refractivity contribution >= 4 is 5.91 Å². The highest BCUT2D eigenvalue weighted by Crippen LogP contribution is 2.13. The first-order valence-electron chi connectivity index (χ1n) is 7.20. The molecule has 0 radical (unpaired) electrons. The minimum atomic E-state index is -0.559. The van der Waals surface area contributed by atoms with Crippen LogP contribution in [0.1, 0.15) is 33.1 Å². The number of carbonyl (C=O) groups excluding carboxylic acids is 1. The quantitative estimate of drug-likeness (QED) is 0.538. The molecule has 1 amide bonds. The van der Waals surface area contributed by atoms with Gasteiger partial charge in [0.15, 0.2) is 0 Å². The normalized spacial score (nSPS) is 14.9. The number of nitrogens with zero attached hydrogens (tertiary/aromatic N) is 2. The second kappa shape index (κ2) is 9.28. The van der Waals surface area contributed by atoms with Gasteiger partial charge in [-0.05, 0) is 60.4 Å². The van der Waals surface area contributed by atoms with Crippen molar-refractivity contribution in [3.8, 4) is 0 Å². The van der Waals surface area contributed by atoms with E-state index in [2.05, 4.69) is 36.3 Å². The maximum atomic E-state index is 11.5. The van der Waals surface area contributed by atoms with Crippen LogP contribution < -0.4 is 11.1 Å². The van der Waals surface area contributed by atoms with Crippen molar-refractivity contribution in [2.24, 2.45) is 5.73 Å². The molecule has 0 aromatic rings. The molecule has 0 aromatic heterocycles. The summed E-state index contributed by atoms with van der Waals surface area (Å²) in [5.74, 6) is -0.254. The molecule has 0 saturated carbocycles. The number of amides is 1. The summed E-state index contributed by atoms with van der Waals surface area (Å²) in [6.07, 6.45) is 2.91. The third-order valence-electron chi connectivity index (χ3n) is 3.51. The summed E-state index contributed by atoms with van der Waals surface area (Å²) in [7, 11) is 6.31. The lowest BCUT2D eigenvalue weighted by atomic mass is 9.94. The Balaban J connectivity index is 3.85. The number of hydrogen-bond donors (Lipinski definition) is 2. The van der Waals surface area contributed by atoms with Crippen molar-refractivity contribution in [1.29, 1.82) is 0 Å². The van der Waals surface area contributed by atoms with Crippen LogP contribution >= 0.6 is 0 Å². The van der Waals surface area contributed by atoms with Gasteiger partial charge in [0.1, 0.15) is 0 Å². The standard InChI is InChI=1S/C14H32N4O/c1-6-16-14(2,13(15)19)9-7-8-10-18(5)12-11-17(3)4/h16H,6-12H2,1-5H3,(H2,15,19). The summed E-state index contributed by atoms with van der Waals surface area (Å²) in [5.41, 5.74) is 4.90. The zero-order valence-corrected chi connectivity index (χ0v) is 13.3. The van der Waals surface area contributed by atoms with Crippen LogP contribution in [0.3, 0.4) is 0 Å². The van der Waals surface area contributed by atoms with E-state index in [1.807, 2.05) is 13.8 Å². The van der Waals surface area contributed by atoms with Crippen LogP contribution in [0.2, 0.25) is 0 Å². The molecule has 19 heavy (non-hydrogen) atoms. The summed E-state index contributed by atoms with van der Waals surface area (Å²) in [6, 6.07) is 0. The third kappa shape index (κ3) is 8.18. The number of likely N-dealkylation sites (N-methyl/N-ethyl adjacent to an activating group) is 3. The highest BCUT2D eigenvalue weighted by molar-refractivity contribution is 5.84. The molecule has 0 bridgehead atoms. The number of primary amides is 1. The Morgan fingerprint density at radius 1 is 1.16 bits per heavy atom. The Labute approximate surface area is 118 Å². The molecule has 1 atom stereocenters. The van der Waals surface area contributed by atoms with Crippen molar-refractivity contribution in [2.45, 2.75) is 38.6 Å². The van der Waals surface area contributed by atoms with Gasteiger partial charge in [0, 0.05) is 13.1 Å². The lowest BCUT2D eigenvalue weighted by Gasteiger charge is -2.27. The molecule has 0 aromatic carbocycles. The molecule has 0 aliphatic heterocycles. The van der Waals surface area contributed by atoms with Gasteiger partial charge in [-0.1, -0.05) is 6.92 Å². The fraction of sp³-hybridized carbons (Fsp3) is 0.929. The average Bonchev–Trinajstić information content (AvgIpc) is 2.32. The Hall–Kier alpha value is -0.650. The van der Waals surface area contributed by atoms with E-state index in [1.54, 1.807) is 0 Å². The molecule has 3 N–H and O–H groups in total. The Morgan fingerprint density at radius 3 is 2.26 bits per heavy atom. The van der Waals surface area contributed by atoms with Crippen molar-refractivity contribution in [2.75, 3.05) is 47.3 Å². The predicted molar refractivity (Wildman–Crippen MR) is 81.2 cm³/mol. The molecule has 5 nitrogen and oxygen atoms in total. The van der Waals surface area contributed by atoms with E-state index in [-0.39, 0.29) is 5.91 Å².